The zero-order valence-electron chi connectivity index (χ0n) is 15.1. The van der Waals surface area contributed by atoms with Crippen molar-refractivity contribution in [3.63, 3.8) is 0 Å². The van der Waals surface area contributed by atoms with E-state index in [0.717, 1.165) is 5.56 Å². The van der Waals surface area contributed by atoms with E-state index < -0.39 is 12.0 Å². The molecule has 2 aromatic carbocycles. The minimum atomic E-state index is -0.595. The molecule has 2 aromatic heterocycles. The van der Waals surface area contributed by atoms with E-state index in [4.69, 9.17) is 33.7 Å². The van der Waals surface area contributed by atoms with Gasteiger partial charge in [0.15, 0.2) is 0 Å². The molecule has 4 rings (SSSR count). The maximum absolute atomic E-state index is 12.0. The first-order valence-corrected chi connectivity index (χ1v) is 10.1. The first kappa shape index (κ1) is 19.6. The molecule has 148 valence electrons. The molecule has 0 radical (unpaired) electrons. The van der Waals surface area contributed by atoms with Crippen molar-refractivity contribution in [1.29, 1.82) is 0 Å². The van der Waals surface area contributed by atoms with Crippen LogP contribution in [0.15, 0.2) is 48.8 Å². The predicted octanol–water partition coefficient (Wildman–Crippen LogP) is 5.34. The fourth-order valence-electron chi connectivity index (χ4n) is 2.99. The van der Waals surface area contributed by atoms with E-state index in [9.17, 15) is 9.90 Å². The number of hydrogen-bond acceptors (Lipinski definition) is 5. The van der Waals surface area contributed by atoms with Crippen molar-refractivity contribution in [1.82, 2.24) is 9.55 Å². The number of amides is 1. The van der Waals surface area contributed by atoms with Crippen LogP contribution in [-0.4, -0.2) is 20.6 Å². The summed E-state index contributed by atoms with van der Waals surface area (Å²) in [5.74, 6) is -0.287. The van der Waals surface area contributed by atoms with Gasteiger partial charge in [-0.3, -0.25) is 9.36 Å². The molecule has 4 aromatic rings. The molecular formula is C20H15Cl2N3O3S. The van der Waals surface area contributed by atoms with Crippen molar-refractivity contribution >= 4 is 51.5 Å². The normalized spacial score (nSPS) is 12.2. The SMILES string of the molecule is C[C@@H](Oc1cc(-n2cnc3cc(O)c(Cl)cc32)sc1C(N)=O)c1ccccc1Cl. The lowest BCUT2D eigenvalue weighted by molar-refractivity contribution is 0.0998. The lowest BCUT2D eigenvalue weighted by Crippen LogP contribution is -2.12. The summed E-state index contributed by atoms with van der Waals surface area (Å²) in [6.45, 7) is 1.85. The first-order valence-electron chi connectivity index (χ1n) is 8.56. The van der Waals surface area contributed by atoms with E-state index in [0.29, 0.717) is 26.8 Å². The highest BCUT2D eigenvalue weighted by atomic mass is 35.5. The van der Waals surface area contributed by atoms with Gasteiger partial charge in [-0.1, -0.05) is 41.4 Å². The predicted molar refractivity (Wildman–Crippen MR) is 115 cm³/mol. The number of thiophene rings is 1. The number of aromatic hydroxyl groups is 1. The Kier molecular flexibility index (Phi) is 5.12. The van der Waals surface area contributed by atoms with Gasteiger partial charge < -0.3 is 15.6 Å². The number of halogens is 2. The molecule has 1 amide bonds. The highest BCUT2D eigenvalue weighted by molar-refractivity contribution is 7.16. The van der Waals surface area contributed by atoms with E-state index in [1.54, 1.807) is 29.1 Å². The van der Waals surface area contributed by atoms with Gasteiger partial charge in [-0.2, -0.15) is 0 Å². The van der Waals surface area contributed by atoms with Gasteiger partial charge in [0, 0.05) is 22.7 Å². The Morgan fingerprint density at radius 3 is 2.72 bits per heavy atom. The van der Waals surface area contributed by atoms with E-state index in [1.165, 1.54) is 17.4 Å². The summed E-state index contributed by atoms with van der Waals surface area (Å²) in [6, 6.07) is 12.2. The van der Waals surface area contributed by atoms with Crippen LogP contribution in [0.3, 0.4) is 0 Å². The van der Waals surface area contributed by atoms with Crippen LogP contribution in [0.5, 0.6) is 11.5 Å². The number of phenols is 1. The van der Waals surface area contributed by atoms with Gasteiger partial charge in [0.25, 0.3) is 5.91 Å². The van der Waals surface area contributed by atoms with Crippen LogP contribution in [0.25, 0.3) is 16.0 Å². The first-order chi connectivity index (χ1) is 13.8. The Balaban J connectivity index is 1.75. The number of fused-ring (bicyclic) bond motifs is 1. The molecule has 0 aliphatic carbocycles. The second kappa shape index (κ2) is 7.59. The van der Waals surface area contributed by atoms with Gasteiger partial charge in [0.2, 0.25) is 0 Å². The monoisotopic (exact) mass is 447 g/mol. The number of hydrogen-bond donors (Lipinski definition) is 2. The van der Waals surface area contributed by atoms with Gasteiger partial charge in [0.05, 0.1) is 16.1 Å². The Hall–Kier alpha value is -2.74. The number of carbonyl (C=O) groups excluding carboxylic acids is 1. The molecule has 2 heterocycles. The third kappa shape index (κ3) is 3.64. The summed E-state index contributed by atoms with van der Waals surface area (Å²) in [6.07, 6.45) is 1.19. The van der Waals surface area contributed by atoms with Gasteiger partial charge in [-0.25, -0.2) is 4.98 Å². The molecular weight excluding hydrogens is 433 g/mol. The van der Waals surface area contributed by atoms with Crippen molar-refractivity contribution in [2.45, 2.75) is 13.0 Å². The standard InChI is InChI=1S/C20H15Cl2N3O3S/c1-10(11-4-2-3-5-12(11)21)28-17-8-18(29-19(17)20(23)27)25-9-24-14-7-16(26)13(22)6-15(14)25/h2-10,26H,1H3,(H2,23,27)/t10-/m1/s1. The molecule has 9 heteroatoms. The van der Waals surface area contributed by atoms with Crippen LogP contribution >= 0.6 is 34.5 Å². The Morgan fingerprint density at radius 2 is 2.00 bits per heavy atom. The molecule has 0 aliphatic heterocycles. The smallest absolute Gasteiger partial charge is 0.262 e. The molecule has 29 heavy (non-hydrogen) atoms. The second-order valence-corrected chi connectivity index (χ2v) is 8.18. The summed E-state index contributed by atoms with van der Waals surface area (Å²) in [5, 5.41) is 11.2. The molecule has 6 nitrogen and oxygen atoms in total. The van der Waals surface area contributed by atoms with E-state index in [2.05, 4.69) is 4.98 Å². The summed E-state index contributed by atoms with van der Waals surface area (Å²) in [7, 11) is 0. The molecule has 0 bridgehead atoms. The molecule has 1 atom stereocenters. The van der Waals surface area contributed by atoms with Gasteiger partial charge in [-0.15, -0.1) is 11.3 Å². The van der Waals surface area contributed by atoms with Crippen LogP contribution in [0.4, 0.5) is 0 Å². The van der Waals surface area contributed by atoms with Crippen molar-refractivity contribution in [3.8, 4) is 16.5 Å². The Labute approximate surface area is 180 Å². The maximum atomic E-state index is 12.0. The fourth-order valence-corrected chi connectivity index (χ4v) is 4.37. The zero-order valence-corrected chi connectivity index (χ0v) is 17.4. The maximum Gasteiger partial charge on any atom is 0.262 e. The quantitative estimate of drug-likeness (QED) is 0.431. The van der Waals surface area contributed by atoms with Gasteiger partial charge >= 0.3 is 0 Å². The summed E-state index contributed by atoms with van der Waals surface area (Å²) >= 11 is 13.5. The molecule has 3 N–H and O–H groups in total. The van der Waals surface area contributed by atoms with Gasteiger partial charge in [0.1, 0.15) is 33.8 Å². The summed E-state index contributed by atoms with van der Waals surface area (Å²) < 4.78 is 7.79. The summed E-state index contributed by atoms with van der Waals surface area (Å²) in [5.41, 5.74) is 7.61. The Bertz CT molecular complexity index is 1240. The van der Waals surface area contributed by atoms with Crippen molar-refractivity contribution in [2.24, 2.45) is 5.73 Å². The number of imidazole rings is 1. The van der Waals surface area contributed by atoms with Gasteiger partial charge in [-0.05, 0) is 19.1 Å². The minimum absolute atomic E-state index is 0.0500. The van der Waals surface area contributed by atoms with Crippen LogP contribution < -0.4 is 10.5 Å². The number of carbonyl (C=O) groups is 1. The zero-order chi connectivity index (χ0) is 20.7. The largest absolute Gasteiger partial charge is 0.506 e. The molecule has 0 saturated heterocycles. The molecule has 0 fully saturated rings. The summed E-state index contributed by atoms with van der Waals surface area (Å²) in [4.78, 5) is 16.6. The molecule has 0 saturated carbocycles. The number of primary amides is 1. The average Bonchev–Trinajstić information content (AvgIpc) is 3.26. The lowest BCUT2D eigenvalue weighted by Gasteiger charge is -2.16. The fraction of sp³-hybridized carbons (Fsp3) is 0.100. The molecule has 0 spiro atoms. The van der Waals surface area contributed by atoms with Crippen LogP contribution in [-0.2, 0) is 0 Å². The van der Waals surface area contributed by atoms with Crippen molar-refractivity contribution in [3.05, 3.63) is 69.3 Å². The number of aromatic nitrogens is 2. The van der Waals surface area contributed by atoms with E-state index >= 15 is 0 Å². The van der Waals surface area contributed by atoms with Crippen LogP contribution in [0.1, 0.15) is 28.3 Å². The Morgan fingerprint density at radius 1 is 1.24 bits per heavy atom. The number of rotatable bonds is 5. The number of benzene rings is 2. The number of nitrogens with zero attached hydrogens (tertiary/aromatic N) is 2. The molecule has 0 unspecified atom stereocenters. The van der Waals surface area contributed by atoms with Crippen LogP contribution in [0.2, 0.25) is 10.0 Å². The number of phenolic OH excluding ortho intramolecular Hbond substituents is 1. The average molecular weight is 448 g/mol. The number of ether oxygens (including phenoxy) is 1. The molecule has 0 aliphatic rings. The third-order valence-corrected chi connectivity index (χ3v) is 6.19. The minimum Gasteiger partial charge on any atom is -0.506 e. The van der Waals surface area contributed by atoms with E-state index in [1.807, 2.05) is 25.1 Å². The van der Waals surface area contributed by atoms with Crippen LogP contribution in [0, 0.1) is 0 Å². The second-order valence-electron chi connectivity index (χ2n) is 6.33. The highest BCUT2D eigenvalue weighted by Gasteiger charge is 2.21. The van der Waals surface area contributed by atoms with E-state index in [-0.39, 0.29) is 15.6 Å². The highest BCUT2D eigenvalue weighted by Crippen LogP contribution is 2.38. The van der Waals surface area contributed by atoms with Crippen molar-refractivity contribution in [2.75, 3.05) is 0 Å². The lowest BCUT2D eigenvalue weighted by atomic mass is 10.1. The third-order valence-electron chi connectivity index (χ3n) is 4.41. The topological polar surface area (TPSA) is 90.4 Å². The van der Waals surface area contributed by atoms with Crippen molar-refractivity contribution < 1.29 is 14.6 Å². The number of nitrogens with two attached hydrogens (primary N) is 1.